The normalized spacial score (nSPS) is 10.5. The lowest BCUT2D eigenvalue weighted by Crippen LogP contribution is -2.33. The molecule has 2 N–H and O–H groups in total. The molecule has 3 rings (SSSR count). The number of nitrogens with zero attached hydrogens (tertiary/aromatic N) is 2. The van der Waals surface area contributed by atoms with Crippen molar-refractivity contribution in [2.75, 3.05) is 18.1 Å². The van der Waals surface area contributed by atoms with Crippen LogP contribution in [0.2, 0.25) is 0 Å². The molecule has 1 aromatic heterocycles. The number of hydrogen-bond donors (Lipinski definition) is 2. The minimum atomic E-state index is -0.310. The minimum absolute atomic E-state index is 0.111. The molecule has 0 unspecified atom stereocenters. The Labute approximate surface area is 175 Å². The molecule has 28 heavy (non-hydrogen) atoms. The highest BCUT2D eigenvalue weighted by molar-refractivity contribution is 9.10. The lowest BCUT2D eigenvalue weighted by molar-refractivity contribution is -0.115. The van der Waals surface area contributed by atoms with Crippen LogP contribution in [-0.4, -0.2) is 34.2 Å². The second-order valence-electron chi connectivity index (χ2n) is 6.02. The summed E-state index contributed by atoms with van der Waals surface area (Å²) in [7, 11) is 0. The van der Waals surface area contributed by atoms with Gasteiger partial charge in [-0.3, -0.25) is 14.2 Å². The second-order valence-corrected chi connectivity index (χ2v) is 7.71. The van der Waals surface area contributed by atoms with Gasteiger partial charge in [-0.2, -0.15) is 0 Å². The maximum atomic E-state index is 12.5. The van der Waals surface area contributed by atoms with Crippen LogP contribution in [0.1, 0.15) is 15.9 Å². The van der Waals surface area contributed by atoms with Crippen molar-refractivity contribution in [2.45, 2.75) is 12.1 Å². The van der Waals surface area contributed by atoms with Crippen LogP contribution in [0, 0.1) is 6.92 Å². The largest absolute Gasteiger partial charge is 0.343 e. The van der Waals surface area contributed by atoms with Crippen LogP contribution in [0.3, 0.4) is 0 Å². The lowest BCUT2D eigenvalue weighted by atomic mass is 10.2. The number of benzene rings is 2. The first kappa shape index (κ1) is 20.2. The number of thioether (sulfide) groups is 1. The average Bonchev–Trinajstić information content (AvgIpc) is 3.17. The Balaban J connectivity index is 1.63. The standard InChI is InChI=1S/C20H19BrN4O2S/c1-13-10-15(21)6-7-17(13)24-18(26)12-23-19(27)14-4-3-5-16(11-14)25-9-8-22-20(25)28-2/h3-11H,12H2,1-2H3,(H,23,27)(H,24,26). The molecule has 6 nitrogen and oxygen atoms in total. The smallest absolute Gasteiger partial charge is 0.251 e. The Morgan fingerprint density at radius 3 is 2.79 bits per heavy atom. The number of anilines is 1. The molecule has 0 spiro atoms. The van der Waals surface area contributed by atoms with E-state index in [0.29, 0.717) is 11.3 Å². The van der Waals surface area contributed by atoms with Crippen LogP contribution in [0.15, 0.2) is 64.5 Å². The highest BCUT2D eigenvalue weighted by Crippen LogP contribution is 2.20. The SMILES string of the molecule is CSc1nccn1-c1cccc(C(=O)NCC(=O)Nc2ccc(Br)cc2C)c1. The van der Waals surface area contributed by atoms with Crippen molar-refractivity contribution in [1.82, 2.24) is 14.9 Å². The summed E-state index contributed by atoms with van der Waals surface area (Å²) in [6.45, 7) is 1.79. The van der Waals surface area contributed by atoms with Crippen molar-refractivity contribution < 1.29 is 9.59 Å². The van der Waals surface area contributed by atoms with E-state index in [-0.39, 0.29) is 18.4 Å². The van der Waals surface area contributed by atoms with Gasteiger partial charge in [0.1, 0.15) is 0 Å². The van der Waals surface area contributed by atoms with Gasteiger partial charge in [0.05, 0.1) is 6.54 Å². The fourth-order valence-electron chi connectivity index (χ4n) is 2.66. The molecular weight excluding hydrogens is 440 g/mol. The highest BCUT2D eigenvalue weighted by Gasteiger charge is 2.11. The monoisotopic (exact) mass is 458 g/mol. The van der Waals surface area contributed by atoms with Gasteiger partial charge < -0.3 is 10.6 Å². The van der Waals surface area contributed by atoms with E-state index in [1.54, 1.807) is 24.4 Å². The molecule has 2 aromatic carbocycles. The van der Waals surface area contributed by atoms with Gasteiger partial charge in [-0.05, 0) is 55.1 Å². The van der Waals surface area contributed by atoms with Gasteiger partial charge in [-0.25, -0.2) is 4.98 Å². The first-order chi connectivity index (χ1) is 13.5. The summed E-state index contributed by atoms with van der Waals surface area (Å²) in [6, 6.07) is 12.8. The zero-order valence-corrected chi connectivity index (χ0v) is 17.8. The van der Waals surface area contributed by atoms with Crippen LogP contribution in [0.5, 0.6) is 0 Å². The molecule has 0 bridgehead atoms. The van der Waals surface area contributed by atoms with Gasteiger partial charge in [-0.15, -0.1) is 0 Å². The summed E-state index contributed by atoms with van der Waals surface area (Å²) in [4.78, 5) is 28.9. The Morgan fingerprint density at radius 2 is 2.04 bits per heavy atom. The molecule has 0 aliphatic heterocycles. The number of carbonyl (C=O) groups excluding carboxylic acids is 2. The molecule has 0 saturated heterocycles. The maximum absolute atomic E-state index is 12.5. The first-order valence-electron chi connectivity index (χ1n) is 8.50. The average molecular weight is 459 g/mol. The third-order valence-electron chi connectivity index (χ3n) is 4.05. The van der Waals surface area contributed by atoms with Crippen molar-refractivity contribution in [3.8, 4) is 5.69 Å². The Kier molecular flexibility index (Phi) is 6.53. The molecule has 0 aliphatic carbocycles. The van der Waals surface area contributed by atoms with Crippen LogP contribution in [0.25, 0.3) is 5.69 Å². The van der Waals surface area contributed by atoms with Gasteiger partial charge >= 0.3 is 0 Å². The van der Waals surface area contributed by atoms with Gasteiger partial charge in [0.2, 0.25) is 5.91 Å². The van der Waals surface area contributed by atoms with E-state index in [4.69, 9.17) is 0 Å². The molecule has 0 atom stereocenters. The van der Waals surface area contributed by atoms with Crippen LogP contribution in [-0.2, 0) is 4.79 Å². The molecule has 0 saturated carbocycles. The van der Waals surface area contributed by atoms with Crippen molar-refractivity contribution in [1.29, 1.82) is 0 Å². The summed E-state index contributed by atoms with van der Waals surface area (Å²) in [5, 5.41) is 6.30. The molecule has 3 aromatic rings. The van der Waals surface area contributed by atoms with Crippen molar-refractivity contribution >= 4 is 45.2 Å². The number of carbonyl (C=O) groups is 2. The van der Waals surface area contributed by atoms with E-state index >= 15 is 0 Å². The zero-order valence-electron chi connectivity index (χ0n) is 15.4. The van der Waals surface area contributed by atoms with Gasteiger partial charge in [0, 0.05) is 33.8 Å². The highest BCUT2D eigenvalue weighted by atomic mass is 79.9. The summed E-state index contributed by atoms with van der Waals surface area (Å²) in [6.07, 6.45) is 5.50. The topological polar surface area (TPSA) is 76.0 Å². The Hall–Kier alpha value is -2.58. The van der Waals surface area contributed by atoms with E-state index < -0.39 is 0 Å². The maximum Gasteiger partial charge on any atom is 0.251 e. The Bertz CT molecular complexity index is 1020. The number of nitrogens with one attached hydrogen (secondary N) is 2. The molecule has 144 valence electrons. The summed E-state index contributed by atoms with van der Waals surface area (Å²) >= 11 is 4.91. The lowest BCUT2D eigenvalue weighted by Gasteiger charge is -2.11. The van der Waals surface area contributed by atoms with E-state index in [2.05, 4.69) is 31.5 Å². The predicted molar refractivity (Wildman–Crippen MR) is 115 cm³/mol. The molecule has 8 heteroatoms. The quantitative estimate of drug-likeness (QED) is 0.546. The molecular formula is C20H19BrN4O2S. The molecule has 1 heterocycles. The van der Waals surface area contributed by atoms with Gasteiger partial charge in [0.15, 0.2) is 5.16 Å². The van der Waals surface area contributed by atoms with Crippen molar-refractivity contribution in [3.05, 3.63) is 70.5 Å². The molecule has 0 fully saturated rings. The predicted octanol–water partition coefficient (Wildman–Crippen LogP) is 4.03. The van der Waals surface area contributed by atoms with Crippen molar-refractivity contribution in [3.63, 3.8) is 0 Å². The third kappa shape index (κ3) is 4.82. The summed E-state index contributed by atoms with van der Waals surface area (Å²) in [5.74, 6) is -0.593. The first-order valence-corrected chi connectivity index (χ1v) is 10.5. The zero-order chi connectivity index (χ0) is 20.1. The summed E-state index contributed by atoms with van der Waals surface area (Å²) in [5.41, 5.74) is 2.97. The Morgan fingerprint density at radius 1 is 1.21 bits per heavy atom. The number of imidazole rings is 1. The number of aryl methyl sites for hydroxylation is 1. The van der Waals surface area contributed by atoms with Crippen LogP contribution >= 0.6 is 27.7 Å². The van der Waals surface area contributed by atoms with E-state index in [1.165, 1.54) is 11.8 Å². The van der Waals surface area contributed by atoms with Crippen LogP contribution in [0.4, 0.5) is 5.69 Å². The minimum Gasteiger partial charge on any atom is -0.343 e. The number of rotatable bonds is 6. The third-order valence-corrected chi connectivity index (χ3v) is 5.21. The fraction of sp³-hybridized carbons (Fsp3) is 0.150. The van der Waals surface area contributed by atoms with E-state index in [0.717, 1.165) is 20.9 Å². The number of aromatic nitrogens is 2. The van der Waals surface area contributed by atoms with Gasteiger partial charge in [-0.1, -0.05) is 33.8 Å². The van der Waals surface area contributed by atoms with E-state index in [1.807, 2.05) is 48.2 Å². The van der Waals surface area contributed by atoms with Gasteiger partial charge in [0.25, 0.3) is 5.91 Å². The number of halogens is 1. The number of hydrogen-bond acceptors (Lipinski definition) is 4. The van der Waals surface area contributed by atoms with Crippen LogP contribution < -0.4 is 10.6 Å². The molecule has 0 radical (unpaired) electrons. The summed E-state index contributed by atoms with van der Waals surface area (Å²) < 4.78 is 2.85. The second kappa shape index (κ2) is 9.07. The molecule has 0 aliphatic rings. The molecule has 2 amide bonds. The number of amides is 2. The fourth-order valence-corrected chi connectivity index (χ4v) is 3.66. The van der Waals surface area contributed by atoms with Crippen molar-refractivity contribution in [2.24, 2.45) is 0 Å². The van der Waals surface area contributed by atoms with E-state index in [9.17, 15) is 9.59 Å².